The van der Waals surface area contributed by atoms with E-state index in [4.69, 9.17) is 10.5 Å². The zero-order chi connectivity index (χ0) is 13.4. The van der Waals surface area contributed by atoms with Gasteiger partial charge in [0.1, 0.15) is 0 Å². The van der Waals surface area contributed by atoms with Crippen LogP contribution in [0.25, 0.3) is 0 Å². The molecule has 1 unspecified atom stereocenters. The number of aryl methyl sites for hydroxylation is 1. The van der Waals surface area contributed by atoms with E-state index in [0.717, 1.165) is 12.2 Å². The summed E-state index contributed by atoms with van der Waals surface area (Å²) in [5.41, 5.74) is 13.9. The fourth-order valence-corrected chi connectivity index (χ4v) is 2.68. The first kappa shape index (κ1) is 12.4. The third kappa shape index (κ3) is 2.18. The van der Waals surface area contributed by atoms with Crippen molar-refractivity contribution in [1.29, 1.82) is 0 Å². The van der Waals surface area contributed by atoms with E-state index < -0.39 is 0 Å². The number of ether oxygens (including phenoxy) is 1. The van der Waals surface area contributed by atoms with Crippen molar-refractivity contribution in [3.8, 4) is 0 Å². The largest absolute Gasteiger partial charge is 0.372 e. The summed E-state index contributed by atoms with van der Waals surface area (Å²) in [5, 5.41) is 0. The molecule has 2 heteroatoms. The summed E-state index contributed by atoms with van der Waals surface area (Å²) < 4.78 is 5.46. The lowest BCUT2D eigenvalue weighted by molar-refractivity contribution is 0.134. The van der Waals surface area contributed by atoms with Crippen LogP contribution >= 0.6 is 0 Å². The molecular formula is C17H19NO. The highest BCUT2D eigenvalue weighted by molar-refractivity contribution is 5.43. The topological polar surface area (TPSA) is 35.2 Å². The molecule has 1 aliphatic rings. The van der Waals surface area contributed by atoms with Gasteiger partial charge in [0, 0.05) is 0 Å². The fourth-order valence-electron chi connectivity index (χ4n) is 2.68. The second-order valence-corrected chi connectivity index (χ2v) is 5.29. The first-order valence-corrected chi connectivity index (χ1v) is 6.68. The molecule has 2 aromatic rings. The van der Waals surface area contributed by atoms with Crippen LogP contribution in [0.1, 0.15) is 39.4 Å². The molecule has 19 heavy (non-hydrogen) atoms. The van der Waals surface area contributed by atoms with Gasteiger partial charge >= 0.3 is 0 Å². The quantitative estimate of drug-likeness (QED) is 0.890. The number of fused-ring (bicyclic) bond motifs is 1. The van der Waals surface area contributed by atoms with Crippen molar-refractivity contribution >= 4 is 0 Å². The lowest BCUT2D eigenvalue weighted by Gasteiger charge is -2.17. The molecule has 0 saturated heterocycles. The molecule has 1 heterocycles. The summed E-state index contributed by atoms with van der Waals surface area (Å²) in [5.74, 6) is 0. The molecule has 0 spiro atoms. The first-order chi connectivity index (χ1) is 9.16. The Morgan fingerprint density at radius 3 is 2.68 bits per heavy atom. The minimum absolute atomic E-state index is 0.0641. The van der Waals surface area contributed by atoms with Gasteiger partial charge < -0.3 is 10.5 Å². The Labute approximate surface area is 114 Å². The van der Waals surface area contributed by atoms with Crippen molar-refractivity contribution in [3.05, 3.63) is 69.8 Å². The van der Waals surface area contributed by atoms with Gasteiger partial charge in [0.05, 0.1) is 19.3 Å². The molecule has 0 saturated carbocycles. The van der Waals surface area contributed by atoms with Crippen molar-refractivity contribution < 1.29 is 4.74 Å². The molecule has 0 bridgehead atoms. The van der Waals surface area contributed by atoms with E-state index in [1.54, 1.807) is 0 Å². The zero-order valence-electron chi connectivity index (χ0n) is 11.4. The summed E-state index contributed by atoms with van der Waals surface area (Å²) >= 11 is 0. The summed E-state index contributed by atoms with van der Waals surface area (Å²) in [4.78, 5) is 0. The third-order valence-electron chi connectivity index (χ3n) is 4.09. The summed E-state index contributed by atoms with van der Waals surface area (Å²) in [6, 6.07) is 12.7. The molecule has 0 aromatic heterocycles. The van der Waals surface area contributed by atoms with Crippen molar-refractivity contribution in [2.24, 2.45) is 5.73 Å². The van der Waals surface area contributed by atoms with Gasteiger partial charge in [-0.3, -0.25) is 0 Å². The fraction of sp³-hybridized carbons (Fsp3) is 0.294. The number of nitrogens with two attached hydrogens (primary N) is 1. The van der Waals surface area contributed by atoms with Gasteiger partial charge in [0.25, 0.3) is 0 Å². The molecule has 1 aliphatic heterocycles. The normalized spacial score (nSPS) is 15.3. The van der Waals surface area contributed by atoms with E-state index in [1.165, 1.54) is 27.8 Å². The predicted molar refractivity (Wildman–Crippen MR) is 76.9 cm³/mol. The number of rotatable bonds is 2. The Morgan fingerprint density at radius 1 is 1.05 bits per heavy atom. The Kier molecular flexibility index (Phi) is 3.13. The zero-order valence-corrected chi connectivity index (χ0v) is 11.4. The molecule has 0 amide bonds. The van der Waals surface area contributed by atoms with Crippen LogP contribution < -0.4 is 5.73 Å². The Morgan fingerprint density at radius 2 is 1.84 bits per heavy atom. The van der Waals surface area contributed by atoms with E-state index in [9.17, 15) is 0 Å². The molecule has 2 nitrogen and oxygen atoms in total. The van der Waals surface area contributed by atoms with Crippen LogP contribution in [0.15, 0.2) is 36.4 Å². The molecule has 98 valence electrons. The maximum absolute atomic E-state index is 6.44. The highest BCUT2D eigenvalue weighted by Gasteiger charge is 2.16. The molecule has 0 aliphatic carbocycles. The molecule has 2 aromatic carbocycles. The van der Waals surface area contributed by atoms with Gasteiger partial charge in [-0.05, 0) is 47.2 Å². The van der Waals surface area contributed by atoms with Crippen LogP contribution in [-0.2, 0) is 18.0 Å². The van der Waals surface area contributed by atoms with Gasteiger partial charge in [-0.2, -0.15) is 0 Å². The number of benzene rings is 2. The van der Waals surface area contributed by atoms with Crippen molar-refractivity contribution in [3.63, 3.8) is 0 Å². The second kappa shape index (κ2) is 4.80. The van der Waals surface area contributed by atoms with Crippen molar-refractivity contribution in [1.82, 2.24) is 0 Å². The maximum atomic E-state index is 6.44. The molecule has 3 rings (SSSR count). The predicted octanol–water partition coefficient (Wildman–Crippen LogP) is 3.38. The van der Waals surface area contributed by atoms with Crippen LogP contribution in [-0.4, -0.2) is 0 Å². The monoisotopic (exact) mass is 253 g/mol. The maximum Gasteiger partial charge on any atom is 0.0725 e. The van der Waals surface area contributed by atoms with Gasteiger partial charge in [0.2, 0.25) is 0 Å². The Bertz CT molecular complexity index is 619. The summed E-state index contributed by atoms with van der Waals surface area (Å²) in [7, 11) is 0. The van der Waals surface area contributed by atoms with Crippen molar-refractivity contribution in [2.45, 2.75) is 33.1 Å². The van der Waals surface area contributed by atoms with Crippen LogP contribution in [0.2, 0.25) is 0 Å². The number of hydrogen-bond acceptors (Lipinski definition) is 2. The van der Waals surface area contributed by atoms with Gasteiger partial charge in [0.15, 0.2) is 0 Å². The van der Waals surface area contributed by atoms with E-state index in [-0.39, 0.29) is 6.04 Å². The Balaban J connectivity index is 2.00. The van der Waals surface area contributed by atoms with E-state index in [1.807, 2.05) is 0 Å². The molecule has 0 radical (unpaired) electrons. The van der Waals surface area contributed by atoms with E-state index in [2.05, 4.69) is 50.2 Å². The molecule has 1 atom stereocenters. The lowest BCUT2D eigenvalue weighted by atomic mass is 9.92. The van der Waals surface area contributed by atoms with E-state index in [0.29, 0.717) is 6.61 Å². The molecule has 2 N–H and O–H groups in total. The average Bonchev–Trinajstić information content (AvgIpc) is 2.88. The van der Waals surface area contributed by atoms with Gasteiger partial charge in [-0.15, -0.1) is 0 Å². The number of hydrogen-bond donors (Lipinski definition) is 1. The van der Waals surface area contributed by atoms with E-state index >= 15 is 0 Å². The van der Waals surface area contributed by atoms with Gasteiger partial charge in [-0.25, -0.2) is 0 Å². The second-order valence-electron chi connectivity index (χ2n) is 5.29. The first-order valence-electron chi connectivity index (χ1n) is 6.68. The minimum atomic E-state index is -0.0641. The smallest absolute Gasteiger partial charge is 0.0725 e. The standard InChI is InChI=1S/C17H19NO/c1-11-4-3-5-16(12(11)2)17(18)13-6-7-14-9-19-10-15(14)8-13/h3-8,17H,9-10,18H2,1-2H3. The van der Waals surface area contributed by atoms with Gasteiger partial charge in [-0.1, -0.05) is 36.4 Å². The SMILES string of the molecule is Cc1cccc(C(N)c2ccc3c(c2)COC3)c1C. The van der Waals surface area contributed by atoms with Crippen LogP contribution in [0.3, 0.4) is 0 Å². The highest BCUT2D eigenvalue weighted by Crippen LogP contribution is 2.28. The average molecular weight is 253 g/mol. The van der Waals surface area contributed by atoms with Crippen LogP contribution in [0.4, 0.5) is 0 Å². The third-order valence-corrected chi connectivity index (χ3v) is 4.09. The van der Waals surface area contributed by atoms with Crippen molar-refractivity contribution in [2.75, 3.05) is 0 Å². The van der Waals surface area contributed by atoms with Crippen LogP contribution in [0.5, 0.6) is 0 Å². The Hall–Kier alpha value is -1.64. The molecular weight excluding hydrogens is 234 g/mol. The van der Waals surface area contributed by atoms with Crippen LogP contribution in [0, 0.1) is 13.8 Å². The summed E-state index contributed by atoms with van der Waals surface area (Å²) in [6.07, 6.45) is 0. The summed E-state index contributed by atoms with van der Waals surface area (Å²) in [6.45, 7) is 5.71. The molecule has 0 fully saturated rings. The lowest BCUT2D eigenvalue weighted by Crippen LogP contribution is -2.14. The highest BCUT2D eigenvalue weighted by atomic mass is 16.5. The minimum Gasteiger partial charge on any atom is -0.372 e.